The van der Waals surface area contributed by atoms with E-state index in [0.717, 1.165) is 0 Å². The molecule has 18 heavy (non-hydrogen) atoms. The van der Waals surface area contributed by atoms with Crippen LogP contribution in [0.5, 0.6) is 0 Å². The maximum absolute atomic E-state index is 13.0. The van der Waals surface area contributed by atoms with Gasteiger partial charge in [0.05, 0.1) is 12.0 Å². The van der Waals surface area contributed by atoms with Crippen LogP contribution < -0.4 is 11.2 Å². The van der Waals surface area contributed by atoms with Crippen molar-refractivity contribution in [2.45, 2.75) is 18.9 Å². The van der Waals surface area contributed by atoms with Crippen molar-refractivity contribution in [3.8, 4) is 0 Å². The summed E-state index contributed by atoms with van der Waals surface area (Å²) < 4.78 is 13.0. The summed E-state index contributed by atoms with van der Waals surface area (Å²) in [5.74, 6) is -0.428. The number of guanidine groups is 1. The second kappa shape index (κ2) is 4.12. The summed E-state index contributed by atoms with van der Waals surface area (Å²) in [5, 5.41) is 0. The number of carbonyl (C=O) groups excluding carboxylic acids is 1. The number of amides is 1. The maximum atomic E-state index is 13.0. The molecule has 1 aliphatic heterocycles. The minimum Gasteiger partial charge on any atom is -0.369 e. The molecule has 0 fully saturated rings. The summed E-state index contributed by atoms with van der Waals surface area (Å²) >= 11 is 0. The van der Waals surface area contributed by atoms with E-state index in [-0.39, 0.29) is 23.8 Å². The van der Waals surface area contributed by atoms with Crippen LogP contribution >= 0.6 is 0 Å². The van der Waals surface area contributed by atoms with Gasteiger partial charge in [-0.05, 0) is 24.6 Å². The fraction of sp³-hybridized carbons (Fsp3) is 0.333. The zero-order valence-electron chi connectivity index (χ0n) is 10.3. The molecule has 0 saturated heterocycles. The van der Waals surface area contributed by atoms with Crippen molar-refractivity contribution in [3.05, 3.63) is 29.6 Å². The molecule has 6 heteroatoms. The molecule has 1 aromatic rings. The predicted molar refractivity (Wildman–Crippen MR) is 68.1 cm³/mol. The lowest BCUT2D eigenvalue weighted by Gasteiger charge is -2.34. The number of nitrogens with two attached hydrogens (primary N) is 1. The molecule has 1 amide bonds. The smallest absolute Gasteiger partial charge is 0.231 e. The van der Waals surface area contributed by atoms with E-state index < -0.39 is 11.4 Å². The summed E-state index contributed by atoms with van der Waals surface area (Å²) in [5.41, 5.74) is 5.73. The molecule has 0 spiro atoms. The van der Waals surface area contributed by atoms with Crippen LogP contribution in [0.25, 0.3) is 0 Å². The first-order valence-electron chi connectivity index (χ1n) is 5.51. The number of hydrogen-bond donors (Lipinski definition) is 1. The molecule has 1 atom stereocenters. The standard InChI is InChI=1S/C12H13BFN3O/c1-12(6-10(18)17(2)11(15)16-12)8-4-3-7(14)5-9(8)13/h3-5H,6H2,1-2H3,(H2,15,16)/t12-/m0/s1. The van der Waals surface area contributed by atoms with Gasteiger partial charge in [0.1, 0.15) is 13.7 Å². The Labute approximate surface area is 106 Å². The number of hydrogen-bond acceptors (Lipinski definition) is 3. The van der Waals surface area contributed by atoms with Crippen molar-refractivity contribution in [3.63, 3.8) is 0 Å². The van der Waals surface area contributed by atoms with Crippen LogP contribution in [0.4, 0.5) is 4.39 Å². The highest BCUT2D eigenvalue weighted by atomic mass is 19.1. The van der Waals surface area contributed by atoms with Gasteiger partial charge < -0.3 is 5.73 Å². The van der Waals surface area contributed by atoms with Crippen LogP contribution in [-0.2, 0) is 10.3 Å². The van der Waals surface area contributed by atoms with Crippen molar-refractivity contribution in [2.75, 3.05) is 7.05 Å². The highest BCUT2D eigenvalue weighted by Gasteiger charge is 2.36. The van der Waals surface area contributed by atoms with E-state index in [1.54, 1.807) is 20.0 Å². The number of benzene rings is 1. The van der Waals surface area contributed by atoms with Gasteiger partial charge in [-0.25, -0.2) is 9.38 Å². The summed E-state index contributed by atoms with van der Waals surface area (Å²) in [7, 11) is 7.35. The molecule has 2 radical (unpaired) electrons. The van der Waals surface area contributed by atoms with Gasteiger partial charge in [-0.2, -0.15) is 0 Å². The Balaban J connectivity index is 2.52. The van der Waals surface area contributed by atoms with Crippen molar-refractivity contribution in [1.29, 1.82) is 0 Å². The van der Waals surface area contributed by atoms with Crippen molar-refractivity contribution >= 4 is 25.2 Å². The molecule has 0 unspecified atom stereocenters. The zero-order valence-corrected chi connectivity index (χ0v) is 10.3. The van der Waals surface area contributed by atoms with Crippen LogP contribution in [0.2, 0.25) is 0 Å². The highest BCUT2D eigenvalue weighted by molar-refractivity contribution is 6.33. The average Bonchev–Trinajstić information content (AvgIpc) is 2.25. The summed E-state index contributed by atoms with van der Waals surface area (Å²) in [6.07, 6.45) is 0.153. The predicted octanol–water partition coefficient (Wildman–Crippen LogP) is 0.0115. The van der Waals surface area contributed by atoms with Crippen molar-refractivity contribution in [1.82, 2.24) is 4.90 Å². The number of aliphatic imine (C=N–C) groups is 1. The van der Waals surface area contributed by atoms with Gasteiger partial charge in [0.15, 0.2) is 5.96 Å². The molecule has 92 valence electrons. The lowest BCUT2D eigenvalue weighted by atomic mass is 9.78. The Morgan fingerprint density at radius 3 is 2.78 bits per heavy atom. The fourth-order valence-electron chi connectivity index (χ4n) is 2.09. The highest BCUT2D eigenvalue weighted by Crippen LogP contribution is 2.31. The van der Waals surface area contributed by atoms with Gasteiger partial charge in [-0.1, -0.05) is 11.5 Å². The van der Waals surface area contributed by atoms with Crippen LogP contribution in [0.1, 0.15) is 18.9 Å². The van der Waals surface area contributed by atoms with E-state index in [0.29, 0.717) is 5.56 Å². The maximum Gasteiger partial charge on any atom is 0.231 e. The van der Waals surface area contributed by atoms with E-state index >= 15 is 0 Å². The molecule has 1 aromatic carbocycles. The molecule has 0 aliphatic carbocycles. The number of rotatable bonds is 1. The molecule has 0 saturated carbocycles. The Morgan fingerprint density at radius 2 is 2.22 bits per heavy atom. The molecule has 1 heterocycles. The molecule has 2 rings (SSSR count). The monoisotopic (exact) mass is 245 g/mol. The lowest BCUT2D eigenvalue weighted by molar-refractivity contribution is -0.128. The fourth-order valence-corrected chi connectivity index (χ4v) is 2.09. The molecular formula is C12H13BFN3O. The normalized spacial score (nSPS) is 24.1. The molecular weight excluding hydrogens is 232 g/mol. The molecule has 4 nitrogen and oxygen atoms in total. The SMILES string of the molecule is [B]c1cc(F)ccc1[C@]1(C)CC(=O)N(C)C(N)=N1. The Kier molecular flexibility index (Phi) is 2.88. The molecule has 1 aliphatic rings. The zero-order chi connectivity index (χ0) is 13.5. The van der Waals surface area contributed by atoms with Crippen LogP contribution in [0.3, 0.4) is 0 Å². The Bertz CT molecular complexity index is 546. The largest absolute Gasteiger partial charge is 0.369 e. The number of carbonyl (C=O) groups is 1. The van der Waals surface area contributed by atoms with E-state index in [4.69, 9.17) is 13.6 Å². The van der Waals surface area contributed by atoms with Crippen LogP contribution in [-0.4, -0.2) is 31.7 Å². The first-order valence-corrected chi connectivity index (χ1v) is 5.51. The van der Waals surface area contributed by atoms with Gasteiger partial charge in [-0.3, -0.25) is 9.69 Å². The van der Waals surface area contributed by atoms with E-state index in [1.165, 1.54) is 17.0 Å². The van der Waals surface area contributed by atoms with E-state index in [2.05, 4.69) is 4.99 Å². The Hall–Kier alpha value is -1.85. The van der Waals surface area contributed by atoms with Crippen LogP contribution in [0, 0.1) is 5.82 Å². The summed E-state index contributed by atoms with van der Waals surface area (Å²) in [6, 6.07) is 4.06. The van der Waals surface area contributed by atoms with Gasteiger partial charge in [0, 0.05) is 7.05 Å². The quantitative estimate of drug-likeness (QED) is 0.708. The second-order valence-electron chi connectivity index (χ2n) is 4.60. The summed E-state index contributed by atoms with van der Waals surface area (Å²) in [6.45, 7) is 1.76. The van der Waals surface area contributed by atoms with Crippen LogP contribution in [0.15, 0.2) is 23.2 Å². The number of nitrogens with zero attached hydrogens (tertiary/aromatic N) is 2. The molecule has 2 N–H and O–H groups in total. The Morgan fingerprint density at radius 1 is 1.56 bits per heavy atom. The van der Waals surface area contributed by atoms with Gasteiger partial charge in [0.2, 0.25) is 5.91 Å². The third-order valence-electron chi connectivity index (χ3n) is 3.17. The summed E-state index contributed by atoms with van der Waals surface area (Å²) in [4.78, 5) is 17.4. The van der Waals surface area contributed by atoms with Gasteiger partial charge in [0.25, 0.3) is 0 Å². The average molecular weight is 245 g/mol. The van der Waals surface area contributed by atoms with Crippen molar-refractivity contribution in [2.24, 2.45) is 10.7 Å². The first-order chi connectivity index (χ1) is 8.33. The topological polar surface area (TPSA) is 58.7 Å². The van der Waals surface area contributed by atoms with Crippen molar-refractivity contribution < 1.29 is 9.18 Å². The molecule has 0 aromatic heterocycles. The minimum atomic E-state index is -0.842. The third kappa shape index (κ3) is 1.98. The number of halogens is 1. The van der Waals surface area contributed by atoms with Gasteiger partial charge in [-0.15, -0.1) is 0 Å². The first kappa shape index (κ1) is 12.6. The van der Waals surface area contributed by atoms with Gasteiger partial charge >= 0.3 is 0 Å². The third-order valence-corrected chi connectivity index (χ3v) is 3.17. The minimum absolute atomic E-state index is 0.137. The molecule has 0 bridgehead atoms. The van der Waals surface area contributed by atoms with E-state index in [1.807, 2.05) is 0 Å². The lowest BCUT2D eigenvalue weighted by Crippen LogP contribution is -2.48. The second-order valence-corrected chi connectivity index (χ2v) is 4.60. The van der Waals surface area contributed by atoms with E-state index in [9.17, 15) is 9.18 Å².